The first-order chi connectivity index (χ1) is 14.9. The van der Waals surface area contributed by atoms with Crippen molar-refractivity contribution in [3.8, 4) is 11.3 Å². The number of anilines is 1. The Bertz CT molecular complexity index is 1060. The number of nitrogens with zero attached hydrogens (tertiary/aromatic N) is 4. The van der Waals surface area contributed by atoms with Crippen LogP contribution < -0.4 is 10.2 Å². The molecule has 1 atom stereocenters. The molecule has 1 aliphatic heterocycles. The van der Waals surface area contributed by atoms with Crippen molar-refractivity contribution in [2.75, 3.05) is 18.0 Å². The molecule has 0 saturated carbocycles. The molecule has 1 aliphatic rings. The fourth-order valence-corrected chi connectivity index (χ4v) is 3.56. The molecule has 1 N–H and O–H groups in total. The Labute approximate surface area is 177 Å². The van der Waals surface area contributed by atoms with Gasteiger partial charge in [-0.25, -0.2) is 9.97 Å². The van der Waals surface area contributed by atoms with Crippen LogP contribution in [0.25, 0.3) is 11.3 Å². The van der Waals surface area contributed by atoms with Gasteiger partial charge in [-0.3, -0.25) is 9.78 Å². The van der Waals surface area contributed by atoms with Crippen LogP contribution >= 0.6 is 0 Å². The van der Waals surface area contributed by atoms with Crippen LogP contribution in [0.1, 0.15) is 17.5 Å². The van der Waals surface area contributed by atoms with E-state index in [-0.39, 0.29) is 18.4 Å². The zero-order valence-corrected chi connectivity index (χ0v) is 16.5. The van der Waals surface area contributed by atoms with Crippen LogP contribution in [0.5, 0.6) is 0 Å². The summed E-state index contributed by atoms with van der Waals surface area (Å²) in [6.07, 6.45) is 1.28. The number of benzene rings is 1. The Morgan fingerprint density at radius 2 is 2.03 bits per heavy atom. The highest BCUT2D eigenvalue weighted by Crippen LogP contribution is 2.29. The van der Waals surface area contributed by atoms with Crippen LogP contribution in [0.3, 0.4) is 0 Å². The zero-order valence-electron chi connectivity index (χ0n) is 16.5. The van der Waals surface area contributed by atoms with Gasteiger partial charge < -0.3 is 10.2 Å². The van der Waals surface area contributed by atoms with Crippen molar-refractivity contribution in [3.05, 3.63) is 72.2 Å². The summed E-state index contributed by atoms with van der Waals surface area (Å²) in [4.78, 5) is 27.4. The molecule has 31 heavy (non-hydrogen) atoms. The highest BCUT2D eigenvalue weighted by atomic mass is 19.4. The first kappa shape index (κ1) is 20.8. The lowest BCUT2D eigenvalue weighted by Crippen LogP contribution is -2.38. The topological polar surface area (TPSA) is 71.0 Å². The summed E-state index contributed by atoms with van der Waals surface area (Å²) >= 11 is 0. The van der Waals surface area contributed by atoms with Crippen molar-refractivity contribution >= 4 is 11.9 Å². The van der Waals surface area contributed by atoms with Crippen molar-refractivity contribution in [2.24, 2.45) is 0 Å². The number of amides is 1. The van der Waals surface area contributed by atoms with Gasteiger partial charge in [0, 0.05) is 43.3 Å². The molecule has 1 aromatic carbocycles. The predicted molar refractivity (Wildman–Crippen MR) is 109 cm³/mol. The number of hydrogen-bond acceptors (Lipinski definition) is 5. The number of hydrogen-bond donors (Lipinski definition) is 1. The second kappa shape index (κ2) is 8.71. The fraction of sp³-hybridized carbons (Fsp3) is 0.273. The van der Waals surface area contributed by atoms with E-state index in [0.717, 1.165) is 23.4 Å². The molecule has 3 aromatic rings. The van der Waals surface area contributed by atoms with Crippen LogP contribution in [0.15, 0.2) is 61.1 Å². The molecular formula is C22H20F3N5O. The van der Waals surface area contributed by atoms with E-state index >= 15 is 0 Å². The number of rotatable bonds is 5. The van der Waals surface area contributed by atoms with Gasteiger partial charge in [0.25, 0.3) is 0 Å². The standard InChI is InChI=1S/C22H20F3N5O/c23-22(24,25)17-5-1-3-15(11-17)12-20(31)28-18-7-10-30(14-18)21-27-9-6-19(29-21)16-4-2-8-26-13-16/h1-6,8-9,11,13,18H,7,10,12,14H2,(H,28,31). The Hall–Kier alpha value is -3.49. The summed E-state index contributed by atoms with van der Waals surface area (Å²) in [6, 6.07) is 10.3. The van der Waals surface area contributed by atoms with Gasteiger partial charge in [0.05, 0.1) is 17.7 Å². The molecule has 160 valence electrons. The van der Waals surface area contributed by atoms with Crippen LogP contribution in [-0.2, 0) is 17.4 Å². The van der Waals surface area contributed by atoms with Crippen molar-refractivity contribution in [2.45, 2.75) is 25.1 Å². The monoisotopic (exact) mass is 427 g/mol. The van der Waals surface area contributed by atoms with Crippen LogP contribution in [0.4, 0.5) is 19.1 Å². The first-order valence-electron chi connectivity index (χ1n) is 9.82. The van der Waals surface area contributed by atoms with Gasteiger partial charge in [-0.05, 0) is 36.2 Å². The second-order valence-corrected chi connectivity index (χ2v) is 7.36. The van der Waals surface area contributed by atoms with E-state index < -0.39 is 11.7 Å². The van der Waals surface area contributed by atoms with Crippen molar-refractivity contribution in [1.82, 2.24) is 20.3 Å². The second-order valence-electron chi connectivity index (χ2n) is 7.36. The Kier molecular flexibility index (Phi) is 5.83. The van der Waals surface area contributed by atoms with Crippen LogP contribution in [0.2, 0.25) is 0 Å². The summed E-state index contributed by atoms with van der Waals surface area (Å²) < 4.78 is 38.6. The number of aromatic nitrogens is 3. The van der Waals surface area contributed by atoms with E-state index in [2.05, 4.69) is 20.3 Å². The van der Waals surface area contributed by atoms with Crippen molar-refractivity contribution in [3.63, 3.8) is 0 Å². The van der Waals surface area contributed by atoms with Gasteiger partial charge in [-0.15, -0.1) is 0 Å². The molecule has 0 spiro atoms. The van der Waals surface area contributed by atoms with Gasteiger partial charge in [-0.1, -0.05) is 18.2 Å². The largest absolute Gasteiger partial charge is 0.416 e. The van der Waals surface area contributed by atoms with Gasteiger partial charge in [0.15, 0.2) is 0 Å². The number of carbonyl (C=O) groups excluding carboxylic acids is 1. The van der Waals surface area contributed by atoms with E-state index in [1.165, 1.54) is 12.1 Å². The van der Waals surface area contributed by atoms with Gasteiger partial charge in [-0.2, -0.15) is 13.2 Å². The van der Waals surface area contributed by atoms with E-state index in [0.29, 0.717) is 31.0 Å². The number of alkyl halides is 3. The maximum absolute atomic E-state index is 12.9. The highest BCUT2D eigenvalue weighted by Gasteiger charge is 2.31. The van der Waals surface area contributed by atoms with Crippen LogP contribution in [-0.4, -0.2) is 40.0 Å². The van der Waals surface area contributed by atoms with Gasteiger partial charge >= 0.3 is 6.18 Å². The summed E-state index contributed by atoms with van der Waals surface area (Å²) in [5.41, 5.74) is 1.22. The average Bonchev–Trinajstić information content (AvgIpc) is 3.22. The molecule has 1 amide bonds. The molecular weight excluding hydrogens is 407 g/mol. The van der Waals surface area contributed by atoms with E-state index in [1.54, 1.807) is 18.6 Å². The lowest BCUT2D eigenvalue weighted by molar-refractivity contribution is -0.137. The lowest BCUT2D eigenvalue weighted by atomic mass is 10.1. The fourth-order valence-electron chi connectivity index (χ4n) is 3.56. The molecule has 0 aliphatic carbocycles. The summed E-state index contributed by atoms with van der Waals surface area (Å²) in [7, 11) is 0. The molecule has 9 heteroatoms. The number of carbonyl (C=O) groups is 1. The van der Waals surface area contributed by atoms with Crippen molar-refractivity contribution < 1.29 is 18.0 Å². The third kappa shape index (κ3) is 5.17. The number of halogens is 3. The van der Waals surface area contributed by atoms with E-state index in [1.807, 2.05) is 23.1 Å². The summed E-state index contributed by atoms with van der Waals surface area (Å²) in [5.74, 6) is 0.257. The number of nitrogens with one attached hydrogen (secondary N) is 1. The van der Waals surface area contributed by atoms with E-state index in [4.69, 9.17) is 0 Å². The third-order valence-electron chi connectivity index (χ3n) is 5.06. The molecule has 6 nitrogen and oxygen atoms in total. The molecule has 1 unspecified atom stereocenters. The minimum absolute atomic E-state index is 0.104. The maximum Gasteiger partial charge on any atom is 0.416 e. The molecule has 4 rings (SSSR count). The molecule has 1 saturated heterocycles. The minimum atomic E-state index is -4.43. The van der Waals surface area contributed by atoms with Gasteiger partial charge in [0.2, 0.25) is 11.9 Å². The van der Waals surface area contributed by atoms with Gasteiger partial charge in [0.1, 0.15) is 0 Å². The average molecular weight is 427 g/mol. The maximum atomic E-state index is 12.9. The zero-order chi connectivity index (χ0) is 21.8. The van der Waals surface area contributed by atoms with Crippen LogP contribution in [0, 0.1) is 0 Å². The first-order valence-corrected chi connectivity index (χ1v) is 9.82. The molecule has 0 radical (unpaired) electrons. The molecule has 0 bridgehead atoms. The number of pyridine rings is 1. The Morgan fingerprint density at radius 3 is 2.81 bits per heavy atom. The van der Waals surface area contributed by atoms with E-state index in [9.17, 15) is 18.0 Å². The third-order valence-corrected chi connectivity index (χ3v) is 5.06. The quantitative estimate of drug-likeness (QED) is 0.675. The smallest absolute Gasteiger partial charge is 0.351 e. The normalized spacial score (nSPS) is 16.4. The SMILES string of the molecule is O=C(Cc1cccc(C(F)(F)F)c1)NC1CCN(c2nccc(-c3cccnc3)n2)C1. The Balaban J connectivity index is 1.36. The summed E-state index contributed by atoms with van der Waals surface area (Å²) in [6.45, 7) is 1.20. The summed E-state index contributed by atoms with van der Waals surface area (Å²) in [5, 5.41) is 2.90. The minimum Gasteiger partial charge on any atom is -0.351 e. The lowest BCUT2D eigenvalue weighted by Gasteiger charge is -2.17. The molecule has 3 heterocycles. The molecule has 1 fully saturated rings. The molecule has 2 aromatic heterocycles. The highest BCUT2D eigenvalue weighted by molar-refractivity contribution is 5.79. The predicted octanol–water partition coefficient (Wildman–Crippen LogP) is 3.50. The Morgan fingerprint density at radius 1 is 1.16 bits per heavy atom. The van der Waals surface area contributed by atoms with Crippen molar-refractivity contribution in [1.29, 1.82) is 0 Å².